The van der Waals surface area contributed by atoms with Crippen molar-refractivity contribution in [3.8, 4) is 0 Å². The van der Waals surface area contributed by atoms with Crippen LogP contribution in [0.25, 0.3) is 0 Å². The van der Waals surface area contributed by atoms with Crippen molar-refractivity contribution in [3.63, 3.8) is 0 Å². The molecule has 0 spiro atoms. The molecule has 0 atom stereocenters. The van der Waals surface area contributed by atoms with E-state index in [0.29, 0.717) is 32.2 Å². The van der Waals surface area contributed by atoms with Crippen LogP contribution in [-0.2, 0) is 20.8 Å². The summed E-state index contributed by atoms with van der Waals surface area (Å²) in [5, 5.41) is 3.53. The third-order valence-electron chi connectivity index (χ3n) is 1.97. The first-order chi connectivity index (χ1) is 8.77. The van der Waals surface area contributed by atoms with Crippen LogP contribution in [0.4, 0.5) is 0 Å². The number of nitrogens with one attached hydrogen (secondary N) is 1. The second-order valence-corrected chi connectivity index (χ2v) is 3.31. The number of carbonyl (C=O) groups is 1. The van der Waals surface area contributed by atoms with Gasteiger partial charge in [0.1, 0.15) is 6.61 Å². The zero-order valence-corrected chi connectivity index (χ0v) is 10.2. The lowest BCUT2D eigenvalue weighted by Crippen LogP contribution is -2.30. The number of amides is 1. The molecule has 1 heterocycles. The van der Waals surface area contributed by atoms with Gasteiger partial charge in [0.25, 0.3) is 5.91 Å². The number of carbonyl (C=O) groups excluding carboxylic acids is 1. The SMILES string of the molecule is COCCOCCOCc1cc(C(=O)NN)no1. The second kappa shape index (κ2) is 8.59. The molecule has 8 heteroatoms. The molecule has 0 aliphatic rings. The summed E-state index contributed by atoms with van der Waals surface area (Å²) in [6.45, 7) is 2.19. The number of hydrogen-bond donors (Lipinski definition) is 2. The molecule has 0 aromatic carbocycles. The highest BCUT2D eigenvalue weighted by Crippen LogP contribution is 2.04. The van der Waals surface area contributed by atoms with Gasteiger partial charge in [0.15, 0.2) is 11.5 Å². The van der Waals surface area contributed by atoms with Crippen LogP contribution >= 0.6 is 0 Å². The molecule has 0 aliphatic carbocycles. The molecule has 0 saturated carbocycles. The summed E-state index contributed by atoms with van der Waals surface area (Å²) in [6, 6.07) is 1.47. The first-order valence-electron chi connectivity index (χ1n) is 5.39. The Hall–Kier alpha value is -1.48. The molecule has 0 saturated heterocycles. The Morgan fingerprint density at radius 3 is 2.83 bits per heavy atom. The molecule has 1 amide bonds. The molecule has 3 N–H and O–H groups in total. The van der Waals surface area contributed by atoms with Gasteiger partial charge in [-0.2, -0.15) is 0 Å². The van der Waals surface area contributed by atoms with E-state index in [0.717, 1.165) is 0 Å². The molecule has 0 bridgehead atoms. The summed E-state index contributed by atoms with van der Waals surface area (Å²) < 4.78 is 20.2. The second-order valence-electron chi connectivity index (χ2n) is 3.31. The largest absolute Gasteiger partial charge is 0.382 e. The predicted molar refractivity (Wildman–Crippen MR) is 60.5 cm³/mol. The van der Waals surface area contributed by atoms with Crippen LogP contribution in [0.3, 0.4) is 0 Å². The fourth-order valence-electron chi connectivity index (χ4n) is 1.10. The molecule has 8 nitrogen and oxygen atoms in total. The van der Waals surface area contributed by atoms with E-state index in [2.05, 4.69) is 5.16 Å². The fourth-order valence-corrected chi connectivity index (χ4v) is 1.10. The Bertz CT molecular complexity index is 355. The van der Waals surface area contributed by atoms with E-state index >= 15 is 0 Å². The molecule has 1 aromatic rings. The van der Waals surface area contributed by atoms with Gasteiger partial charge in [-0.3, -0.25) is 10.2 Å². The number of aromatic nitrogens is 1. The molecule has 0 unspecified atom stereocenters. The Labute approximate surface area is 104 Å². The standard InChI is InChI=1S/C10H17N3O5/c1-15-2-3-16-4-5-17-7-8-6-9(13-18-8)10(14)12-11/h6H,2-5,7,11H2,1H3,(H,12,14). The summed E-state index contributed by atoms with van der Waals surface area (Å²) in [7, 11) is 1.61. The van der Waals surface area contributed by atoms with E-state index in [4.69, 9.17) is 24.6 Å². The Balaban J connectivity index is 2.12. The van der Waals surface area contributed by atoms with Crippen LogP contribution in [0, 0.1) is 0 Å². The van der Waals surface area contributed by atoms with E-state index < -0.39 is 5.91 Å². The van der Waals surface area contributed by atoms with Crippen molar-refractivity contribution in [3.05, 3.63) is 17.5 Å². The minimum atomic E-state index is -0.507. The maximum Gasteiger partial charge on any atom is 0.287 e. The summed E-state index contributed by atoms with van der Waals surface area (Å²) in [4.78, 5) is 11.1. The molecule has 0 aliphatic heterocycles. The van der Waals surface area contributed by atoms with Crippen LogP contribution in [-0.4, -0.2) is 44.6 Å². The van der Waals surface area contributed by atoms with Crippen molar-refractivity contribution in [2.24, 2.45) is 5.84 Å². The fraction of sp³-hybridized carbons (Fsp3) is 0.600. The third kappa shape index (κ3) is 5.23. The molecule has 0 fully saturated rings. The third-order valence-corrected chi connectivity index (χ3v) is 1.97. The molecule has 0 radical (unpaired) electrons. The molecular formula is C10H17N3O5. The lowest BCUT2D eigenvalue weighted by atomic mass is 10.3. The van der Waals surface area contributed by atoms with Crippen molar-refractivity contribution in [1.29, 1.82) is 0 Å². The van der Waals surface area contributed by atoms with E-state index in [9.17, 15) is 4.79 Å². The molecule has 1 rings (SSSR count). The summed E-state index contributed by atoms with van der Waals surface area (Å²) in [6.07, 6.45) is 0. The van der Waals surface area contributed by atoms with Crippen LogP contribution in [0.1, 0.15) is 16.2 Å². The first kappa shape index (κ1) is 14.6. The molecule has 18 heavy (non-hydrogen) atoms. The number of methoxy groups -OCH3 is 1. The van der Waals surface area contributed by atoms with Gasteiger partial charge >= 0.3 is 0 Å². The lowest BCUT2D eigenvalue weighted by molar-refractivity contribution is 0.0151. The number of hydrogen-bond acceptors (Lipinski definition) is 7. The van der Waals surface area contributed by atoms with Crippen LogP contribution in [0.15, 0.2) is 10.6 Å². The van der Waals surface area contributed by atoms with Gasteiger partial charge in [-0.1, -0.05) is 5.16 Å². The van der Waals surface area contributed by atoms with E-state index in [1.165, 1.54) is 6.07 Å². The van der Waals surface area contributed by atoms with Crippen LogP contribution in [0.2, 0.25) is 0 Å². The minimum Gasteiger partial charge on any atom is -0.382 e. The first-order valence-corrected chi connectivity index (χ1v) is 5.39. The van der Waals surface area contributed by atoms with Gasteiger partial charge in [0.05, 0.1) is 26.4 Å². The minimum absolute atomic E-state index is 0.118. The van der Waals surface area contributed by atoms with Crippen LogP contribution < -0.4 is 11.3 Å². The van der Waals surface area contributed by atoms with Crippen LogP contribution in [0.5, 0.6) is 0 Å². The topological polar surface area (TPSA) is 109 Å². The van der Waals surface area contributed by atoms with Gasteiger partial charge in [-0.15, -0.1) is 0 Å². The Kier molecular flexibility index (Phi) is 6.96. The molecular weight excluding hydrogens is 242 g/mol. The average molecular weight is 259 g/mol. The van der Waals surface area contributed by atoms with Gasteiger partial charge in [0, 0.05) is 13.2 Å². The Morgan fingerprint density at radius 1 is 1.39 bits per heavy atom. The summed E-state index contributed by atoms with van der Waals surface area (Å²) in [5.74, 6) is 4.90. The smallest absolute Gasteiger partial charge is 0.287 e. The van der Waals surface area contributed by atoms with Crippen molar-refractivity contribution in [2.75, 3.05) is 33.5 Å². The number of hydrazine groups is 1. The van der Waals surface area contributed by atoms with Crippen molar-refractivity contribution < 1.29 is 23.5 Å². The zero-order chi connectivity index (χ0) is 13.2. The van der Waals surface area contributed by atoms with Crippen molar-refractivity contribution in [2.45, 2.75) is 6.61 Å². The summed E-state index contributed by atoms with van der Waals surface area (Å²) in [5.41, 5.74) is 2.07. The molecule has 102 valence electrons. The van der Waals surface area contributed by atoms with E-state index in [1.54, 1.807) is 7.11 Å². The normalized spacial score (nSPS) is 10.6. The van der Waals surface area contributed by atoms with Crippen molar-refractivity contribution in [1.82, 2.24) is 10.6 Å². The highest BCUT2D eigenvalue weighted by atomic mass is 16.5. The Morgan fingerprint density at radius 2 is 2.11 bits per heavy atom. The van der Waals surface area contributed by atoms with Gasteiger partial charge in [0.2, 0.25) is 0 Å². The van der Waals surface area contributed by atoms with Gasteiger partial charge in [-0.05, 0) is 0 Å². The quantitative estimate of drug-likeness (QED) is 0.265. The van der Waals surface area contributed by atoms with Gasteiger partial charge in [-0.25, -0.2) is 5.84 Å². The highest BCUT2D eigenvalue weighted by molar-refractivity contribution is 5.91. The van der Waals surface area contributed by atoms with Gasteiger partial charge < -0.3 is 18.7 Å². The predicted octanol–water partition coefficient (Wildman–Crippen LogP) is -0.542. The average Bonchev–Trinajstić information content (AvgIpc) is 2.85. The van der Waals surface area contributed by atoms with E-state index in [-0.39, 0.29) is 12.3 Å². The number of nitrogen functional groups attached to an aromatic ring is 1. The zero-order valence-electron chi connectivity index (χ0n) is 10.2. The number of nitrogens with two attached hydrogens (primary N) is 1. The highest BCUT2D eigenvalue weighted by Gasteiger charge is 2.10. The monoisotopic (exact) mass is 259 g/mol. The summed E-state index contributed by atoms with van der Waals surface area (Å²) >= 11 is 0. The lowest BCUT2D eigenvalue weighted by Gasteiger charge is -2.03. The maximum atomic E-state index is 11.1. The molecule has 1 aromatic heterocycles. The van der Waals surface area contributed by atoms with Crippen molar-refractivity contribution >= 4 is 5.91 Å². The number of nitrogens with zero attached hydrogens (tertiary/aromatic N) is 1. The van der Waals surface area contributed by atoms with E-state index in [1.807, 2.05) is 5.43 Å². The number of rotatable bonds is 9. The maximum absolute atomic E-state index is 11.1. The number of ether oxygens (including phenoxy) is 3.